The predicted molar refractivity (Wildman–Crippen MR) is 107 cm³/mol. The average Bonchev–Trinajstić information content (AvgIpc) is 3.41. The highest BCUT2D eigenvalue weighted by molar-refractivity contribution is 5.95. The summed E-state index contributed by atoms with van der Waals surface area (Å²) < 4.78 is 7.40. The molecule has 0 radical (unpaired) electrons. The first-order valence-corrected chi connectivity index (χ1v) is 9.84. The minimum absolute atomic E-state index is 0.0302. The first-order valence-electron chi connectivity index (χ1n) is 9.84. The van der Waals surface area contributed by atoms with Crippen molar-refractivity contribution in [1.29, 1.82) is 0 Å². The van der Waals surface area contributed by atoms with Crippen LogP contribution in [0.1, 0.15) is 23.2 Å². The van der Waals surface area contributed by atoms with Crippen LogP contribution in [0.2, 0.25) is 0 Å². The molecule has 2 atom stereocenters. The van der Waals surface area contributed by atoms with Gasteiger partial charge in [0.25, 0.3) is 5.91 Å². The maximum absolute atomic E-state index is 12.9. The Morgan fingerprint density at radius 2 is 2.04 bits per heavy atom. The van der Waals surface area contributed by atoms with E-state index in [4.69, 9.17) is 4.74 Å². The van der Waals surface area contributed by atoms with Crippen molar-refractivity contribution in [2.45, 2.75) is 24.9 Å². The number of anilines is 1. The smallest absolute Gasteiger partial charge is 0.251 e. The van der Waals surface area contributed by atoms with Gasteiger partial charge >= 0.3 is 0 Å². The van der Waals surface area contributed by atoms with E-state index in [9.17, 15) is 4.79 Å². The van der Waals surface area contributed by atoms with Crippen molar-refractivity contribution >= 4 is 11.9 Å². The summed E-state index contributed by atoms with van der Waals surface area (Å²) in [5, 5.41) is 7.65. The molecule has 0 aliphatic carbocycles. The first kappa shape index (κ1) is 18.9. The maximum Gasteiger partial charge on any atom is 0.251 e. The van der Waals surface area contributed by atoms with E-state index < -0.39 is 0 Å². The summed E-state index contributed by atoms with van der Waals surface area (Å²) in [6, 6.07) is 7.79. The summed E-state index contributed by atoms with van der Waals surface area (Å²) in [4.78, 5) is 21.8. The van der Waals surface area contributed by atoms with Crippen LogP contribution in [0, 0.1) is 0 Å². The molecule has 1 N–H and O–H groups in total. The quantitative estimate of drug-likeness (QED) is 0.833. The number of hydrogen-bond donors (Lipinski definition) is 1. The number of carbonyl (C=O) groups excluding carboxylic acids is 1. The molecule has 4 rings (SSSR count). The number of benzene rings is 1. The summed E-state index contributed by atoms with van der Waals surface area (Å²) in [5.74, 6) is 1.30. The lowest BCUT2D eigenvalue weighted by atomic mass is 10.1. The third-order valence-corrected chi connectivity index (χ3v) is 5.50. The number of likely N-dealkylation sites (tertiary alicyclic amines) is 1. The number of nitrogens with one attached hydrogen (secondary N) is 1. The number of aryl methyl sites for hydroxylation is 1. The third-order valence-electron chi connectivity index (χ3n) is 5.50. The Morgan fingerprint density at radius 3 is 2.75 bits per heavy atom. The van der Waals surface area contributed by atoms with E-state index >= 15 is 0 Å². The summed E-state index contributed by atoms with van der Waals surface area (Å²) in [6.45, 7) is 3.45. The van der Waals surface area contributed by atoms with Crippen molar-refractivity contribution in [3.8, 4) is 11.4 Å². The summed E-state index contributed by atoms with van der Waals surface area (Å²) >= 11 is 0. The highest BCUT2D eigenvalue weighted by Crippen LogP contribution is 2.22. The van der Waals surface area contributed by atoms with Gasteiger partial charge < -0.3 is 15.0 Å². The Hall–Kier alpha value is -2.45. The zero-order valence-electron chi connectivity index (χ0n) is 16.8. The zero-order valence-corrected chi connectivity index (χ0v) is 16.8. The SMILES string of the molecule is CN(C)c1nc(-c2cccc(C(=O)N[C@@H]3COC[C@H]3N3CCCC3)c2)nn1C. The molecule has 2 fully saturated rings. The number of amides is 1. The van der Waals surface area contributed by atoms with Gasteiger partial charge in [-0.05, 0) is 38.1 Å². The second kappa shape index (κ2) is 7.89. The Bertz CT molecular complexity index is 843. The molecule has 2 saturated heterocycles. The van der Waals surface area contributed by atoms with E-state index in [1.165, 1.54) is 12.8 Å². The van der Waals surface area contributed by atoms with Crippen molar-refractivity contribution in [3.05, 3.63) is 29.8 Å². The number of hydrogen-bond acceptors (Lipinski definition) is 6. The van der Waals surface area contributed by atoms with Crippen molar-refractivity contribution in [3.63, 3.8) is 0 Å². The van der Waals surface area contributed by atoms with Gasteiger partial charge in [-0.25, -0.2) is 4.68 Å². The Kier molecular flexibility index (Phi) is 5.32. The van der Waals surface area contributed by atoms with Crippen molar-refractivity contribution in [1.82, 2.24) is 25.0 Å². The lowest BCUT2D eigenvalue weighted by Gasteiger charge is -2.27. The van der Waals surface area contributed by atoms with Gasteiger partial charge in [0, 0.05) is 32.3 Å². The van der Waals surface area contributed by atoms with Gasteiger partial charge in [-0.3, -0.25) is 9.69 Å². The summed E-state index contributed by atoms with van der Waals surface area (Å²) in [7, 11) is 5.72. The van der Waals surface area contributed by atoms with E-state index in [1.807, 2.05) is 50.3 Å². The van der Waals surface area contributed by atoms with Gasteiger partial charge in [-0.15, -0.1) is 5.10 Å². The molecule has 150 valence electrons. The monoisotopic (exact) mass is 384 g/mol. The molecule has 1 amide bonds. The fourth-order valence-corrected chi connectivity index (χ4v) is 4.05. The van der Waals surface area contributed by atoms with Gasteiger partial charge in [0.15, 0.2) is 5.82 Å². The lowest BCUT2D eigenvalue weighted by molar-refractivity contribution is 0.0916. The molecule has 2 aliphatic rings. The van der Waals surface area contributed by atoms with Crippen LogP contribution in [0.25, 0.3) is 11.4 Å². The number of ether oxygens (including phenoxy) is 1. The van der Waals surface area contributed by atoms with E-state index in [2.05, 4.69) is 20.3 Å². The zero-order chi connectivity index (χ0) is 19.7. The molecule has 1 aromatic heterocycles. The van der Waals surface area contributed by atoms with Crippen LogP contribution < -0.4 is 10.2 Å². The summed E-state index contributed by atoms with van der Waals surface area (Å²) in [5.41, 5.74) is 1.44. The number of aromatic nitrogens is 3. The fourth-order valence-electron chi connectivity index (χ4n) is 4.05. The van der Waals surface area contributed by atoms with Gasteiger partial charge in [-0.1, -0.05) is 12.1 Å². The molecule has 8 nitrogen and oxygen atoms in total. The van der Waals surface area contributed by atoms with Crippen LogP contribution in [0.5, 0.6) is 0 Å². The molecule has 2 aliphatic heterocycles. The van der Waals surface area contributed by atoms with Crippen LogP contribution in [0.15, 0.2) is 24.3 Å². The van der Waals surface area contributed by atoms with Crippen molar-refractivity contribution < 1.29 is 9.53 Å². The Morgan fingerprint density at radius 1 is 1.25 bits per heavy atom. The highest BCUT2D eigenvalue weighted by Gasteiger charge is 2.35. The number of carbonyl (C=O) groups is 1. The molecule has 0 bridgehead atoms. The minimum Gasteiger partial charge on any atom is -0.378 e. The van der Waals surface area contributed by atoms with Gasteiger partial charge in [-0.2, -0.15) is 4.98 Å². The molecule has 0 saturated carbocycles. The van der Waals surface area contributed by atoms with E-state index in [1.54, 1.807) is 4.68 Å². The predicted octanol–water partition coefficient (Wildman–Crippen LogP) is 1.14. The van der Waals surface area contributed by atoms with Crippen LogP contribution >= 0.6 is 0 Å². The Balaban J connectivity index is 1.49. The fraction of sp³-hybridized carbons (Fsp3) is 0.550. The van der Waals surface area contributed by atoms with Crippen LogP contribution in [-0.4, -0.2) is 78.1 Å². The topological polar surface area (TPSA) is 75.5 Å². The normalized spacial score (nSPS) is 22.5. The molecule has 3 heterocycles. The van der Waals surface area contributed by atoms with Crippen LogP contribution in [-0.2, 0) is 11.8 Å². The standard InChI is InChI=1S/C20H28N6O2/c1-24(2)20-22-18(23-25(20)3)14-7-6-8-15(11-14)19(27)21-16-12-28-13-17(16)26-9-4-5-10-26/h6-8,11,16-17H,4-5,9-10,12-13H2,1-3H3,(H,21,27)/t16-,17-/m1/s1. The first-order chi connectivity index (χ1) is 13.5. The lowest BCUT2D eigenvalue weighted by Crippen LogP contribution is -2.50. The number of nitrogens with zero attached hydrogens (tertiary/aromatic N) is 5. The van der Waals surface area contributed by atoms with Crippen LogP contribution in [0.4, 0.5) is 5.95 Å². The molecule has 2 aromatic rings. The molecule has 8 heteroatoms. The maximum atomic E-state index is 12.9. The third kappa shape index (κ3) is 3.74. The number of rotatable bonds is 5. The Labute approximate surface area is 165 Å². The molecule has 0 unspecified atom stereocenters. The molecule has 0 spiro atoms. The van der Waals surface area contributed by atoms with Crippen molar-refractivity contribution in [2.24, 2.45) is 7.05 Å². The van der Waals surface area contributed by atoms with Crippen LogP contribution in [0.3, 0.4) is 0 Å². The second-order valence-corrected chi connectivity index (χ2v) is 7.76. The van der Waals surface area contributed by atoms with E-state index in [0.29, 0.717) is 24.6 Å². The second-order valence-electron chi connectivity index (χ2n) is 7.76. The van der Waals surface area contributed by atoms with E-state index in [0.717, 1.165) is 24.6 Å². The largest absolute Gasteiger partial charge is 0.378 e. The summed E-state index contributed by atoms with van der Waals surface area (Å²) in [6.07, 6.45) is 2.45. The highest BCUT2D eigenvalue weighted by atomic mass is 16.5. The molecule has 28 heavy (non-hydrogen) atoms. The van der Waals surface area contributed by atoms with Gasteiger partial charge in [0.05, 0.1) is 25.3 Å². The molecule has 1 aromatic carbocycles. The van der Waals surface area contributed by atoms with E-state index in [-0.39, 0.29) is 18.0 Å². The molecular formula is C20H28N6O2. The van der Waals surface area contributed by atoms with Crippen molar-refractivity contribution in [2.75, 3.05) is 45.3 Å². The van der Waals surface area contributed by atoms with Gasteiger partial charge in [0.2, 0.25) is 5.95 Å². The van der Waals surface area contributed by atoms with Gasteiger partial charge in [0.1, 0.15) is 0 Å². The molecular weight excluding hydrogens is 356 g/mol. The average molecular weight is 384 g/mol. The minimum atomic E-state index is -0.0784.